The Balaban J connectivity index is 3.27. The van der Waals surface area contributed by atoms with Crippen LogP contribution in [0.25, 0.3) is 0 Å². The van der Waals surface area contributed by atoms with E-state index in [2.05, 4.69) is 5.10 Å². The fraction of sp³-hybridized carbons (Fsp3) is 0.571. The summed E-state index contributed by atoms with van der Waals surface area (Å²) in [4.78, 5) is -0.346. The second kappa shape index (κ2) is 3.10. The van der Waals surface area contributed by atoms with Crippen molar-refractivity contribution in [3.8, 4) is 0 Å². The van der Waals surface area contributed by atoms with Crippen LogP contribution in [-0.4, -0.2) is 18.2 Å². The van der Waals surface area contributed by atoms with E-state index in [1.54, 1.807) is 0 Å². The Hall–Kier alpha value is -0.910. The first-order chi connectivity index (χ1) is 5.82. The van der Waals surface area contributed by atoms with Crippen LogP contribution in [0.15, 0.2) is 11.1 Å². The van der Waals surface area contributed by atoms with Gasteiger partial charge in [0.15, 0.2) is 0 Å². The van der Waals surface area contributed by atoms with Crippen molar-refractivity contribution in [2.45, 2.75) is 31.7 Å². The zero-order chi connectivity index (χ0) is 10.2. The average molecular weight is 206 g/mol. The normalized spacial score (nSPS) is 12.4. The van der Waals surface area contributed by atoms with Gasteiger partial charge < -0.3 is 0 Å². The van der Waals surface area contributed by atoms with Gasteiger partial charge in [-0.25, -0.2) is 0 Å². The standard InChI is InChI=1S/C7H11FN2O2S/c1-5(2)10-4-7(6(3)9-10)13(8,11)12/h4-5H,1-3H3. The first-order valence-electron chi connectivity index (χ1n) is 3.83. The van der Waals surface area contributed by atoms with Gasteiger partial charge in [-0.2, -0.15) is 13.5 Å². The molecule has 0 aliphatic heterocycles. The molecule has 0 aliphatic rings. The number of halogens is 1. The van der Waals surface area contributed by atoms with Gasteiger partial charge in [0.25, 0.3) is 0 Å². The number of hydrogen-bond acceptors (Lipinski definition) is 3. The van der Waals surface area contributed by atoms with Crippen molar-refractivity contribution in [1.82, 2.24) is 9.78 Å². The lowest BCUT2D eigenvalue weighted by atomic mass is 10.4. The number of nitrogens with zero attached hydrogens (tertiary/aromatic N) is 2. The van der Waals surface area contributed by atoms with E-state index in [9.17, 15) is 12.3 Å². The Morgan fingerprint density at radius 3 is 2.31 bits per heavy atom. The molecule has 1 aromatic heterocycles. The zero-order valence-corrected chi connectivity index (χ0v) is 8.47. The molecule has 1 heterocycles. The van der Waals surface area contributed by atoms with Crippen LogP contribution in [0.5, 0.6) is 0 Å². The molecule has 0 atom stereocenters. The largest absolute Gasteiger partial charge is 0.335 e. The monoisotopic (exact) mass is 206 g/mol. The lowest BCUT2D eigenvalue weighted by Crippen LogP contribution is -2.00. The molecule has 74 valence electrons. The van der Waals surface area contributed by atoms with Crippen LogP contribution in [0, 0.1) is 6.92 Å². The van der Waals surface area contributed by atoms with E-state index in [0.717, 1.165) is 0 Å². The van der Waals surface area contributed by atoms with Crippen molar-refractivity contribution in [3.63, 3.8) is 0 Å². The van der Waals surface area contributed by atoms with Crippen molar-refractivity contribution in [3.05, 3.63) is 11.9 Å². The number of aryl methyl sites for hydroxylation is 1. The molecule has 0 fully saturated rings. The van der Waals surface area contributed by atoms with Crippen LogP contribution < -0.4 is 0 Å². The zero-order valence-electron chi connectivity index (χ0n) is 7.65. The van der Waals surface area contributed by atoms with Crippen molar-refractivity contribution >= 4 is 10.2 Å². The number of aromatic nitrogens is 2. The predicted octanol–water partition coefficient (Wildman–Crippen LogP) is 1.43. The van der Waals surface area contributed by atoms with Crippen LogP contribution in [0.1, 0.15) is 25.6 Å². The summed E-state index contributed by atoms with van der Waals surface area (Å²) in [6, 6.07) is 0.0224. The van der Waals surface area contributed by atoms with E-state index < -0.39 is 10.2 Å². The van der Waals surface area contributed by atoms with Gasteiger partial charge in [0, 0.05) is 12.2 Å². The van der Waals surface area contributed by atoms with E-state index >= 15 is 0 Å². The minimum atomic E-state index is -4.63. The van der Waals surface area contributed by atoms with Gasteiger partial charge >= 0.3 is 10.2 Å². The molecule has 0 aliphatic carbocycles. The maximum Gasteiger partial charge on any atom is 0.335 e. The van der Waals surface area contributed by atoms with E-state index in [-0.39, 0.29) is 16.6 Å². The van der Waals surface area contributed by atoms with Crippen LogP contribution >= 0.6 is 0 Å². The summed E-state index contributed by atoms with van der Waals surface area (Å²) in [6.07, 6.45) is 1.20. The molecular formula is C7H11FN2O2S. The second-order valence-electron chi connectivity index (χ2n) is 3.09. The first-order valence-corrected chi connectivity index (χ1v) is 5.21. The van der Waals surface area contributed by atoms with Gasteiger partial charge in [0.1, 0.15) is 4.90 Å². The summed E-state index contributed by atoms with van der Waals surface area (Å²) in [5, 5.41) is 3.87. The molecule has 0 amide bonds. The third-order valence-corrected chi connectivity index (χ3v) is 2.59. The fourth-order valence-corrected chi connectivity index (χ4v) is 1.60. The highest BCUT2D eigenvalue weighted by molar-refractivity contribution is 7.86. The molecule has 0 spiro atoms. The molecule has 6 heteroatoms. The summed E-state index contributed by atoms with van der Waals surface area (Å²) >= 11 is 0. The quantitative estimate of drug-likeness (QED) is 0.688. The molecule has 0 bridgehead atoms. The number of rotatable bonds is 2. The Morgan fingerprint density at radius 1 is 1.54 bits per heavy atom. The summed E-state index contributed by atoms with van der Waals surface area (Å²) in [7, 11) is -4.63. The average Bonchev–Trinajstić information content (AvgIpc) is 2.29. The summed E-state index contributed by atoms with van der Waals surface area (Å²) in [6.45, 7) is 5.13. The Kier molecular flexibility index (Phi) is 2.42. The lowest BCUT2D eigenvalue weighted by Gasteiger charge is -2.02. The third kappa shape index (κ3) is 2.06. The minimum Gasteiger partial charge on any atom is -0.269 e. The smallest absolute Gasteiger partial charge is 0.269 e. The van der Waals surface area contributed by atoms with Gasteiger partial charge in [-0.3, -0.25) is 4.68 Å². The highest BCUT2D eigenvalue weighted by Crippen LogP contribution is 2.17. The molecule has 1 rings (SSSR count). The first kappa shape index (κ1) is 10.2. The predicted molar refractivity (Wildman–Crippen MR) is 45.6 cm³/mol. The molecule has 0 unspecified atom stereocenters. The topological polar surface area (TPSA) is 52.0 Å². The van der Waals surface area contributed by atoms with Gasteiger partial charge in [-0.1, -0.05) is 0 Å². The van der Waals surface area contributed by atoms with E-state index in [0.29, 0.717) is 0 Å². The second-order valence-corrected chi connectivity index (χ2v) is 4.41. The van der Waals surface area contributed by atoms with Crippen LogP contribution in [-0.2, 0) is 10.2 Å². The third-order valence-electron chi connectivity index (χ3n) is 1.66. The molecule has 4 nitrogen and oxygen atoms in total. The molecular weight excluding hydrogens is 195 g/mol. The molecule has 0 saturated heterocycles. The summed E-state index contributed by atoms with van der Waals surface area (Å²) in [5.74, 6) is 0. The SMILES string of the molecule is Cc1nn(C(C)C)cc1S(=O)(=O)F. The lowest BCUT2D eigenvalue weighted by molar-refractivity contribution is 0.527. The van der Waals surface area contributed by atoms with E-state index in [1.165, 1.54) is 17.8 Å². The van der Waals surface area contributed by atoms with Crippen molar-refractivity contribution in [2.24, 2.45) is 0 Å². The highest BCUT2D eigenvalue weighted by Gasteiger charge is 2.19. The van der Waals surface area contributed by atoms with Gasteiger partial charge in [0.05, 0.1) is 5.69 Å². The molecule has 0 radical (unpaired) electrons. The Morgan fingerprint density at radius 2 is 2.08 bits per heavy atom. The summed E-state index contributed by atoms with van der Waals surface area (Å²) in [5.41, 5.74) is 0.191. The maximum absolute atomic E-state index is 12.6. The van der Waals surface area contributed by atoms with Gasteiger partial charge in [0.2, 0.25) is 0 Å². The maximum atomic E-state index is 12.6. The Bertz CT molecular complexity index is 408. The van der Waals surface area contributed by atoms with E-state index in [1.807, 2.05) is 13.8 Å². The van der Waals surface area contributed by atoms with Crippen LogP contribution in [0.4, 0.5) is 3.89 Å². The van der Waals surface area contributed by atoms with Gasteiger partial charge in [-0.15, -0.1) is 3.89 Å². The van der Waals surface area contributed by atoms with E-state index in [4.69, 9.17) is 0 Å². The number of hydrogen-bond donors (Lipinski definition) is 0. The molecule has 0 aromatic carbocycles. The van der Waals surface area contributed by atoms with Crippen molar-refractivity contribution < 1.29 is 12.3 Å². The molecule has 13 heavy (non-hydrogen) atoms. The van der Waals surface area contributed by atoms with Gasteiger partial charge in [-0.05, 0) is 20.8 Å². The fourth-order valence-electron chi connectivity index (χ4n) is 0.969. The molecule has 0 N–H and O–H groups in total. The minimum absolute atomic E-state index is 0.0224. The van der Waals surface area contributed by atoms with Crippen molar-refractivity contribution in [1.29, 1.82) is 0 Å². The highest BCUT2D eigenvalue weighted by atomic mass is 32.3. The Labute approximate surface area is 76.6 Å². The molecule has 1 aromatic rings. The molecule has 0 saturated carbocycles. The van der Waals surface area contributed by atoms with Crippen molar-refractivity contribution in [2.75, 3.05) is 0 Å². The van der Waals surface area contributed by atoms with Crippen LogP contribution in [0.2, 0.25) is 0 Å². The van der Waals surface area contributed by atoms with Crippen LogP contribution in [0.3, 0.4) is 0 Å². The summed E-state index contributed by atoms with van der Waals surface area (Å²) < 4.78 is 35.1.